The van der Waals surface area contributed by atoms with Crippen LogP contribution in [0.25, 0.3) is 11.3 Å². The number of likely N-dealkylation sites (tertiary alicyclic amines) is 1. The van der Waals surface area contributed by atoms with Gasteiger partial charge in [-0.25, -0.2) is 0 Å². The highest BCUT2D eigenvalue weighted by Gasteiger charge is 2.23. The van der Waals surface area contributed by atoms with E-state index in [1.807, 2.05) is 12.1 Å². The molecule has 156 valence electrons. The van der Waals surface area contributed by atoms with Crippen LogP contribution in [0.3, 0.4) is 0 Å². The smallest absolute Gasteiger partial charge is 0.273 e. The Kier molecular flexibility index (Phi) is 6.29. The topological polar surface area (TPSA) is 58.4 Å². The first kappa shape index (κ1) is 20.4. The van der Waals surface area contributed by atoms with Crippen molar-refractivity contribution in [2.45, 2.75) is 39.2 Å². The number of hydrogen-bond acceptors (Lipinski definition) is 4. The van der Waals surface area contributed by atoms with Gasteiger partial charge in [-0.3, -0.25) is 9.69 Å². The summed E-state index contributed by atoms with van der Waals surface area (Å²) in [5.41, 5.74) is 4.88. The number of amides is 1. The number of aryl methyl sites for hydroxylation is 2. The van der Waals surface area contributed by atoms with E-state index in [0.717, 1.165) is 18.7 Å². The number of carbonyl (C=O) groups is 1. The molecule has 2 heterocycles. The molecule has 1 amide bonds. The van der Waals surface area contributed by atoms with Gasteiger partial charge in [-0.05, 0) is 62.5 Å². The Labute approximate surface area is 178 Å². The first-order chi connectivity index (χ1) is 14.6. The second kappa shape index (κ2) is 9.26. The quantitative estimate of drug-likeness (QED) is 0.635. The zero-order chi connectivity index (χ0) is 20.9. The molecule has 0 bridgehead atoms. The summed E-state index contributed by atoms with van der Waals surface area (Å²) in [6.45, 7) is 6.82. The van der Waals surface area contributed by atoms with Gasteiger partial charge in [0, 0.05) is 18.2 Å². The highest BCUT2D eigenvalue weighted by molar-refractivity contribution is 5.93. The molecule has 1 N–H and O–H groups in total. The van der Waals surface area contributed by atoms with Crippen LogP contribution in [0, 0.1) is 13.8 Å². The largest absolute Gasteiger partial charge is 0.355 e. The molecule has 0 spiro atoms. The van der Waals surface area contributed by atoms with E-state index in [9.17, 15) is 4.79 Å². The highest BCUT2D eigenvalue weighted by atomic mass is 16.5. The number of hydrogen-bond donors (Lipinski definition) is 1. The highest BCUT2D eigenvalue weighted by Crippen LogP contribution is 2.25. The van der Waals surface area contributed by atoms with Crippen molar-refractivity contribution >= 4 is 5.91 Å². The number of rotatable bonds is 6. The van der Waals surface area contributed by atoms with Gasteiger partial charge in [-0.2, -0.15) is 0 Å². The fourth-order valence-electron chi connectivity index (χ4n) is 4.06. The molecule has 2 aromatic carbocycles. The van der Waals surface area contributed by atoms with E-state index >= 15 is 0 Å². The summed E-state index contributed by atoms with van der Waals surface area (Å²) in [5.74, 6) is 0.408. The van der Waals surface area contributed by atoms with Crippen molar-refractivity contribution in [3.8, 4) is 11.3 Å². The summed E-state index contributed by atoms with van der Waals surface area (Å²) in [7, 11) is 0. The Morgan fingerprint density at radius 3 is 2.53 bits per heavy atom. The maximum Gasteiger partial charge on any atom is 0.273 e. The van der Waals surface area contributed by atoms with Crippen LogP contribution >= 0.6 is 0 Å². The molecule has 0 unspecified atom stereocenters. The van der Waals surface area contributed by atoms with Crippen LogP contribution in [0.15, 0.2) is 59.1 Å². The molecule has 5 nitrogen and oxygen atoms in total. The molecular weight excluding hydrogens is 374 g/mol. The van der Waals surface area contributed by atoms with Gasteiger partial charge in [0.15, 0.2) is 11.5 Å². The number of nitrogens with one attached hydrogen (secondary N) is 1. The van der Waals surface area contributed by atoms with Gasteiger partial charge in [0.1, 0.15) is 0 Å². The molecule has 1 atom stereocenters. The normalized spacial score (nSPS) is 15.7. The van der Waals surface area contributed by atoms with Crippen LogP contribution in [0.4, 0.5) is 0 Å². The molecule has 0 radical (unpaired) electrons. The number of carbonyl (C=O) groups excluding carboxylic acids is 1. The summed E-state index contributed by atoms with van der Waals surface area (Å²) in [5, 5.41) is 7.08. The summed E-state index contributed by atoms with van der Waals surface area (Å²) >= 11 is 0. The molecule has 5 heteroatoms. The van der Waals surface area contributed by atoms with Crippen molar-refractivity contribution in [3.05, 3.63) is 77.0 Å². The van der Waals surface area contributed by atoms with E-state index < -0.39 is 0 Å². The van der Waals surface area contributed by atoms with Gasteiger partial charge in [0.25, 0.3) is 5.91 Å². The Morgan fingerprint density at radius 2 is 1.80 bits per heavy atom. The lowest BCUT2D eigenvalue weighted by atomic mass is 10.0. The van der Waals surface area contributed by atoms with Gasteiger partial charge in [-0.15, -0.1) is 0 Å². The predicted molar refractivity (Wildman–Crippen MR) is 118 cm³/mol. The summed E-state index contributed by atoms with van der Waals surface area (Å²) < 4.78 is 5.45. The number of benzene rings is 2. The predicted octanol–water partition coefficient (Wildman–Crippen LogP) is 4.92. The number of piperidine rings is 1. The summed E-state index contributed by atoms with van der Waals surface area (Å²) in [6.07, 6.45) is 3.70. The van der Waals surface area contributed by atoms with Gasteiger partial charge in [0.05, 0.1) is 6.04 Å². The molecule has 30 heavy (non-hydrogen) atoms. The van der Waals surface area contributed by atoms with Crippen LogP contribution in [0.5, 0.6) is 0 Å². The van der Waals surface area contributed by atoms with E-state index in [1.54, 1.807) is 6.07 Å². The summed E-state index contributed by atoms with van der Waals surface area (Å²) in [6, 6.07) is 18.4. The summed E-state index contributed by atoms with van der Waals surface area (Å²) in [4.78, 5) is 15.3. The second-order valence-electron chi connectivity index (χ2n) is 8.11. The fourth-order valence-corrected chi connectivity index (χ4v) is 4.06. The molecule has 3 aromatic rings. The van der Waals surface area contributed by atoms with Crippen molar-refractivity contribution in [1.29, 1.82) is 0 Å². The number of nitrogens with zero attached hydrogens (tertiary/aromatic N) is 2. The van der Waals surface area contributed by atoms with Crippen molar-refractivity contribution in [3.63, 3.8) is 0 Å². The van der Waals surface area contributed by atoms with E-state index in [-0.39, 0.29) is 11.9 Å². The Balaban J connectivity index is 1.46. The molecule has 1 aliphatic rings. The lowest BCUT2D eigenvalue weighted by molar-refractivity contribution is 0.0915. The van der Waals surface area contributed by atoms with Gasteiger partial charge >= 0.3 is 0 Å². The van der Waals surface area contributed by atoms with Crippen LogP contribution < -0.4 is 5.32 Å². The molecule has 1 fully saturated rings. The lowest BCUT2D eigenvalue weighted by Gasteiger charge is -2.35. The maximum absolute atomic E-state index is 12.8. The molecule has 0 aliphatic carbocycles. The second-order valence-corrected chi connectivity index (χ2v) is 8.11. The van der Waals surface area contributed by atoms with Crippen LogP contribution in [0.2, 0.25) is 0 Å². The zero-order valence-electron chi connectivity index (χ0n) is 17.7. The monoisotopic (exact) mass is 403 g/mol. The van der Waals surface area contributed by atoms with Crippen molar-refractivity contribution in [2.24, 2.45) is 0 Å². The Hall–Kier alpha value is -2.92. The molecular formula is C25H29N3O2. The van der Waals surface area contributed by atoms with Gasteiger partial charge in [-0.1, -0.05) is 54.0 Å². The average molecular weight is 404 g/mol. The van der Waals surface area contributed by atoms with Gasteiger partial charge in [0.2, 0.25) is 0 Å². The van der Waals surface area contributed by atoms with E-state index in [1.165, 1.54) is 36.0 Å². The van der Waals surface area contributed by atoms with Crippen molar-refractivity contribution < 1.29 is 9.32 Å². The lowest BCUT2D eigenvalue weighted by Crippen LogP contribution is -2.40. The number of aromatic nitrogens is 1. The third kappa shape index (κ3) is 4.62. The van der Waals surface area contributed by atoms with Crippen LogP contribution in [-0.4, -0.2) is 35.6 Å². The van der Waals surface area contributed by atoms with Crippen LogP contribution in [0.1, 0.15) is 52.5 Å². The average Bonchev–Trinajstić information content (AvgIpc) is 3.28. The molecule has 4 rings (SSSR count). The molecule has 1 aromatic heterocycles. The van der Waals surface area contributed by atoms with Crippen molar-refractivity contribution in [1.82, 2.24) is 15.4 Å². The Morgan fingerprint density at radius 1 is 1.03 bits per heavy atom. The maximum atomic E-state index is 12.8. The van der Waals surface area contributed by atoms with E-state index in [2.05, 4.69) is 65.6 Å². The van der Waals surface area contributed by atoms with E-state index in [4.69, 9.17) is 4.52 Å². The molecule has 1 aliphatic heterocycles. The van der Waals surface area contributed by atoms with Gasteiger partial charge < -0.3 is 9.84 Å². The van der Waals surface area contributed by atoms with Crippen LogP contribution in [-0.2, 0) is 0 Å². The fraction of sp³-hybridized carbons (Fsp3) is 0.360. The minimum absolute atomic E-state index is 0.168. The molecule has 1 saturated heterocycles. The Bertz CT molecular complexity index is 991. The minimum Gasteiger partial charge on any atom is -0.355 e. The third-order valence-corrected chi connectivity index (χ3v) is 6.01. The van der Waals surface area contributed by atoms with E-state index in [0.29, 0.717) is 18.0 Å². The SMILES string of the molecule is Cc1ccc(-c2cc(C(=O)NC[C@H](c3ccccc3)N3CCCCC3)no2)cc1C. The minimum atomic E-state index is -0.202. The van der Waals surface area contributed by atoms with Crippen molar-refractivity contribution in [2.75, 3.05) is 19.6 Å². The first-order valence-electron chi connectivity index (χ1n) is 10.7. The molecule has 0 saturated carbocycles. The standard InChI is InChI=1S/C25H29N3O2/c1-18-11-12-21(15-19(18)2)24-16-22(27-30-24)25(29)26-17-23(20-9-5-3-6-10-20)28-13-7-4-8-14-28/h3,5-6,9-12,15-16,23H,4,7-8,13-14,17H2,1-2H3,(H,26,29)/t23-/m1/s1. The third-order valence-electron chi connectivity index (χ3n) is 6.01. The first-order valence-corrected chi connectivity index (χ1v) is 10.7. The zero-order valence-corrected chi connectivity index (χ0v) is 17.7.